The van der Waals surface area contributed by atoms with E-state index >= 15 is 0 Å². The first kappa shape index (κ1) is 29.9. The number of esters is 1. The second kappa shape index (κ2) is 13.8. The lowest BCUT2D eigenvalue weighted by Crippen LogP contribution is -2.23. The standard InChI is InChI=1S/C29H36N4O3S/c1-8-23-24(18-30)28(32-27(33(6)7)26(23)31-5)37-19-21-14-12-20(13-15-21)16-17-22(34)10-9-11-25(35)36-29(2,3)4/h12-15H,8-11,16-17,19H2,1-4,6-7H3. The third-order valence-electron chi connectivity index (χ3n) is 5.57. The molecule has 0 aliphatic heterocycles. The number of carbonyl (C=O) groups excluding carboxylic acids is 2. The molecule has 8 heteroatoms. The summed E-state index contributed by atoms with van der Waals surface area (Å²) in [6.45, 7) is 15.0. The van der Waals surface area contributed by atoms with Crippen LogP contribution in [0, 0.1) is 17.9 Å². The normalized spacial score (nSPS) is 10.9. The van der Waals surface area contributed by atoms with E-state index in [1.807, 2.05) is 71.0 Å². The molecule has 7 nitrogen and oxygen atoms in total. The quantitative estimate of drug-likeness (QED) is 0.181. The zero-order valence-corrected chi connectivity index (χ0v) is 23.5. The summed E-state index contributed by atoms with van der Waals surface area (Å²) in [4.78, 5) is 34.1. The van der Waals surface area contributed by atoms with E-state index < -0.39 is 5.60 Å². The molecule has 1 aromatic carbocycles. The molecule has 0 unspecified atom stereocenters. The van der Waals surface area contributed by atoms with E-state index in [2.05, 4.69) is 15.9 Å². The summed E-state index contributed by atoms with van der Waals surface area (Å²) in [5.74, 6) is 1.10. The molecular weight excluding hydrogens is 484 g/mol. The van der Waals surface area contributed by atoms with Crippen LogP contribution in [0.15, 0.2) is 29.3 Å². The van der Waals surface area contributed by atoms with Gasteiger partial charge in [-0.3, -0.25) is 9.59 Å². The minimum atomic E-state index is -0.503. The monoisotopic (exact) mass is 520 g/mol. The van der Waals surface area contributed by atoms with Crippen LogP contribution in [-0.2, 0) is 32.9 Å². The average molecular weight is 521 g/mol. The number of nitriles is 1. The second-order valence-electron chi connectivity index (χ2n) is 10.00. The van der Waals surface area contributed by atoms with Crippen molar-refractivity contribution in [3.8, 4) is 6.07 Å². The number of benzene rings is 1. The number of nitrogens with zero attached hydrogens (tertiary/aromatic N) is 4. The van der Waals surface area contributed by atoms with Gasteiger partial charge in [-0.2, -0.15) is 5.26 Å². The van der Waals surface area contributed by atoms with Crippen molar-refractivity contribution in [2.75, 3.05) is 19.0 Å². The van der Waals surface area contributed by atoms with Crippen LogP contribution in [-0.4, -0.2) is 36.4 Å². The molecule has 0 saturated carbocycles. The van der Waals surface area contributed by atoms with Crippen molar-refractivity contribution in [1.82, 2.24) is 4.98 Å². The van der Waals surface area contributed by atoms with Gasteiger partial charge in [-0.1, -0.05) is 31.2 Å². The number of anilines is 1. The molecule has 0 aliphatic carbocycles. The largest absolute Gasteiger partial charge is 0.460 e. The number of aromatic nitrogens is 1. The SMILES string of the molecule is [C-]#[N+]c1c(N(C)C)nc(SCc2ccc(CCC(=O)CCCC(=O)OC(C)(C)C)cc2)c(C#N)c1CC. The van der Waals surface area contributed by atoms with Crippen molar-refractivity contribution < 1.29 is 14.3 Å². The Balaban J connectivity index is 1.93. The Morgan fingerprint density at radius 3 is 2.32 bits per heavy atom. The Hall–Kier alpha value is -3.36. The summed E-state index contributed by atoms with van der Waals surface area (Å²) < 4.78 is 5.27. The highest BCUT2D eigenvalue weighted by molar-refractivity contribution is 7.98. The van der Waals surface area contributed by atoms with Crippen LogP contribution in [0.4, 0.5) is 11.5 Å². The van der Waals surface area contributed by atoms with Gasteiger partial charge in [-0.05, 0) is 56.7 Å². The number of ketones is 1. The van der Waals surface area contributed by atoms with Gasteiger partial charge in [0, 0.05) is 39.1 Å². The fourth-order valence-electron chi connectivity index (χ4n) is 3.77. The van der Waals surface area contributed by atoms with E-state index in [0.29, 0.717) is 60.0 Å². The smallest absolute Gasteiger partial charge is 0.306 e. The fraction of sp³-hybridized carbons (Fsp3) is 0.483. The fourth-order valence-corrected chi connectivity index (χ4v) is 4.73. The maximum atomic E-state index is 12.2. The molecule has 0 fully saturated rings. The first-order valence-electron chi connectivity index (χ1n) is 12.4. The Bertz CT molecular complexity index is 1190. The first-order chi connectivity index (χ1) is 17.5. The topological polar surface area (TPSA) is 87.7 Å². The number of Topliss-reactive ketones (excluding diaryl/α,β-unsaturated/α-hetero) is 1. The van der Waals surface area contributed by atoms with Gasteiger partial charge in [-0.15, -0.1) is 11.8 Å². The van der Waals surface area contributed by atoms with Gasteiger partial charge in [0.2, 0.25) is 5.69 Å². The molecule has 0 N–H and O–H groups in total. The van der Waals surface area contributed by atoms with Crippen LogP contribution in [0.1, 0.15) is 75.6 Å². The lowest BCUT2D eigenvalue weighted by Gasteiger charge is -2.19. The molecule has 0 spiro atoms. The molecule has 37 heavy (non-hydrogen) atoms. The van der Waals surface area contributed by atoms with E-state index in [1.165, 1.54) is 11.8 Å². The number of hydrogen-bond donors (Lipinski definition) is 0. The molecule has 0 atom stereocenters. The van der Waals surface area contributed by atoms with Gasteiger partial charge in [-0.25, -0.2) is 9.83 Å². The summed E-state index contributed by atoms with van der Waals surface area (Å²) in [5.41, 5.74) is 3.32. The number of hydrogen-bond acceptors (Lipinski definition) is 7. The summed E-state index contributed by atoms with van der Waals surface area (Å²) in [5, 5.41) is 10.4. The molecule has 1 heterocycles. The third-order valence-corrected chi connectivity index (χ3v) is 6.62. The van der Waals surface area contributed by atoms with E-state index in [0.717, 1.165) is 16.7 Å². The van der Waals surface area contributed by atoms with Crippen molar-refractivity contribution >= 4 is 35.0 Å². The third kappa shape index (κ3) is 9.22. The Morgan fingerprint density at radius 1 is 1.14 bits per heavy atom. The van der Waals surface area contributed by atoms with Crippen LogP contribution >= 0.6 is 11.8 Å². The average Bonchev–Trinajstić information content (AvgIpc) is 2.84. The molecule has 0 saturated heterocycles. The highest BCUT2D eigenvalue weighted by atomic mass is 32.2. The second-order valence-corrected chi connectivity index (χ2v) is 11.0. The minimum Gasteiger partial charge on any atom is -0.460 e. The summed E-state index contributed by atoms with van der Waals surface area (Å²) in [6, 6.07) is 10.4. The summed E-state index contributed by atoms with van der Waals surface area (Å²) >= 11 is 1.49. The molecule has 2 aromatic rings. The molecule has 1 aromatic heterocycles. The van der Waals surface area contributed by atoms with Crippen LogP contribution in [0.3, 0.4) is 0 Å². The van der Waals surface area contributed by atoms with Gasteiger partial charge < -0.3 is 9.64 Å². The number of rotatable bonds is 12. The summed E-state index contributed by atoms with van der Waals surface area (Å²) in [6.07, 6.45) is 2.83. The lowest BCUT2D eigenvalue weighted by molar-refractivity contribution is -0.154. The van der Waals surface area contributed by atoms with Crippen LogP contribution in [0.2, 0.25) is 0 Å². The molecule has 2 rings (SSSR count). The van der Waals surface area contributed by atoms with Crippen molar-refractivity contribution in [3.63, 3.8) is 0 Å². The van der Waals surface area contributed by atoms with Crippen molar-refractivity contribution in [3.05, 3.63) is 57.9 Å². The van der Waals surface area contributed by atoms with E-state index in [-0.39, 0.29) is 18.2 Å². The maximum Gasteiger partial charge on any atom is 0.306 e. The summed E-state index contributed by atoms with van der Waals surface area (Å²) in [7, 11) is 3.70. The molecule has 0 aliphatic rings. The maximum absolute atomic E-state index is 12.2. The lowest BCUT2D eigenvalue weighted by atomic mass is 10.0. The Morgan fingerprint density at radius 2 is 1.78 bits per heavy atom. The highest BCUT2D eigenvalue weighted by Gasteiger charge is 2.20. The van der Waals surface area contributed by atoms with Crippen molar-refractivity contribution in [2.45, 2.75) is 82.6 Å². The zero-order chi connectivity index (χ0) is 27.6. The van der Waals surface area contributed by atoms with E-state index in [1.54, 1.807) is 0 Å². The predicted octanol–water partition coefficient (Wildman–Crippen LogP) is 6.44. The van der Waals surface area contributed by atoms with Gasteiger partial charge in [0.25, 0.3) is 0 Å². The number of aryl methyl sites for hydroxylation is 1. The van der Waals surface area contributed by atoms with E-state index in [9.17, 15) is 14.9 Å². The van der Waals surface area contributed by atoms with Crippen LogP contribution in [0.5, 0.6) is 0 Å². The number of pyridine rings is 1. The molecule has 196 valence electrons. The van der Waals surface area contributed by atoms with Gasteiger partial charge in [0.1, 0.15) is 28.3 Å². The van der Waals surface area contributed by atoms with Crippen molar-refractivity contribution in [1.29, 1.82) is 5.26 Å². The highest BCUT2D eigenvalue weighted by Crippen LogP contribution is 2.38. The van der Waals surface area contributed by atoms with Gasteiger partial charge >= 0.3 is 5.97 Å². The Labute approximate surface area is 225 Å². The number of thioether (sulfide) groups is 1. The van der Waals surface area contributed by atoms with Gasteiger partial charge in [0.05, 0.1) is 12.1 Å². The Kier molecular flexibility index (Phi) is 11.1. The molecular formula is C29H36N4O3S. The van der Waals surface area contributed by atoms with Crippen LogP contribution in [0.25, 0.3) is 4.85 Å². The first-order valence-corrected chi connectivity index (χ1v) is 13.4. The predicted molar refractivity (Wildman–Crippen MR) is 148 cm³/mol. The van der Waals surface area contributed by atoms with E-state index in [4.69, 9.17) is 11.3 Å². The van der Waals surface area contributed by atoms with Crippen LogP contribution < -0.4 is 4.90 Å². The van der Waals surface area contributed by atoms with Gasteiger partial charge in [0.15, 0.2) is 0 Å². The van der Waals surface area contributed by atoms with Crippen molar-refractivity contribution in [2.24, 2.45) is 0 Å². The number of ether oxygens (including phenoxy) is 1. The number of carbonyl (C=O) groups is 2. The zero-order valence-electron chi connectivity index (χ0n) is 22.7. The minimum absolute atomic E-state index is 0.143. The molecule has 0 amide bonds. The molecule has 0 bridgehead atoms. The molecule has 0 radical (unpaired) electrons.